The average molecular weight is 290 g/mol. The number of amides is 2. The number of carbonyl (C=O) groups excluding carboxylic acids is 2. The lowest BCUT2D eigenvalue weighted by atomic mass is 10.2. The van der Waals surface area contributed by atoms with Crippen LogP contribution in [0.3, 0.4) is 0 Å². The highest BCUT2D eigenvalue weighted by atomic mass is 16.2. The second-order valence-corrected chi connectivity index (χ2v) is 4.97. The summed E-state index contributed by atoms with van der Waals surface area (Å²) >= 11 is 0. The third-order valence-electron chi connectivity index (χ3n) is 2.34. The van der Waals surface area contributed by atoms with Crippen LogP contribution in [0.5, 0.6) is 0 Å². The number of hydrogen-bond donors (Lipinski definition) is 1. The van der Waals surface area contributed by atoms with Crippen molar-refractivity contribution < 1.29 is 9.59 Å². The number of likely N-dealkylation sites (N-methyl/N-ethyl adjacent to an activating group) is 1. The summed E-state index contributed by atoms with van der Waals surface area (Å²) in [7, 11) is 1.61. The van der Waals surface area contributed by atoms with Crippen LogP contribution in [0.25, 0.3) is 0 Å². The SMILES string of the molecule is C=C(C)CNC(=O)CN(C)C(=O)c1ccccc1.CCC. The normalized spacial score (nSPS) is 9.14. The molecule has 0 unspecified atom stereocenters. The van der Waals surface area contributed by atoms with E-state index in [-0.39, 0.29) is 18.4 Å². The van der Waals surface area contributed by atoms with Crippen molar-refractivity contribution in [1.29, 1.82) is 0 Å². The van der Waals surface area contributed by atoms with E-state index < -0.39 is 0 Å². The van der Waals surface area contributed by atoms with Crippen molar-refractivity contribution in [3.05, 3.63) is 48.0 Å². The van der Waals surface area contributed by atoms with Gasteiger partial charge in [-0.1, -0.05) is 50.6 Å². The van der Waals surface area contributed by atoms with Gasteiger partial charge in [0, 0.05) is 19.2 Å². The molecular weight excluding hydrogens is 264 g/mol. The largest absolute Gasteiger partial charge is 0.351 e. The summed E-state index contributed by atoms with van der Waals surface area (Å²) < 4.78 is 0. The molecule has 0 radical (unpaired) electrons. The molecule has 1 aromatic carbocycles. The Morgan fingerprint density at radius 3 is 2.19 bits per heavy atom. The van der Waals surface area contributed by atoms with Crippen molar-refractivity contribution in [1.82, 2.24) is 10.2 Å². The van der Waals surface area contributed by atoms with Gasteiger partial charge in [0.2, 0.25) is 5.91 Å². The third kappa shape index (κ3) is 8.63. The van der Waals surface area contributed by atoms with Crippen molar-refractivity contribution in [2.75, 3.05) is 20.1 Å². The van der Waals surface area contributed by atoms with Gasteiger partial charge in [-0.3, -0.25) is 9.59 Å². The Morgan fingerprint density at radius 1 is 1.19 bits per heavy atom. The minimum Gasteiger partial charge on any atom is -0.351 e. The average Bonchev–Trinajstić information content (AvgIpc) is 2.46. The minimum absolute atomic E-state index is 0.0427. The first-order chi connectivity index (χ1) is 9.92. The van der Waals surface area contributed by atoms with Gasteiger partial charge in [0.1, 0.15) is 0 Å². The Kier molecular flexibility index (Phi) is 9.59. The molecule has 0 aliphatic rings. The summed E-state index contributed by atoms with van der Waals surface area (Å²) in [4.78, 5) is 24.9. The predicted octanol–water partition coefficient (Wildman–Crippen LogP) is 2.87. The lowest BCUT2D eigenvalue weighted by Crippen LogP contribution is -2.38. The zero-order valence-electron chi connectivity index (χ0n) is 13.5. The van der Waals surface area contributed by atoms with Gasteiger partial charge in [0.05, 0.1) is 6.54 Å². The highest BCUT2D eigenvalue weighted by molar-refractivity contribution is 5.96. The van der Waals surface area contributed by atoms with E-state index in [0.29, 0.717) is 12.1 Å². The van der Waals surface area contributed by atoms with Crippen LogP contribution in [0.2, 0.25) is 0 Å². The summed E-state index contributed by atoms with van der Waals surface area (Å²) in [6.07, 6.45) is 1.25. The van der Waals surface area contributed by atoms with Crippen LogP contribution < -0.4 is 5.32 Å². The molecule has 116 valence electrons. The lowest BCUT2D eigenvalue weighted by molar-refractivity contribution is -0.121. The van der Waals surface area contributed by atoms with Crippen LogP contribution in [-0.2, 0) is 4.79 Å². The first-order valence-electron chi connectivity index (χ1n) is 7.13. The maximum Gasteiger partial charge on any atom is 0.254 e. The summed E-state index contributed by atoms with van der Waals surface area (Å²) in [6, 6.07) is 8.88. The van der Waals surface area contributed by atoms with E-state index >= 15 is 0 Å². The molecular formula is C17H26N2O2. The van der Waals surface area contributed by atoms with Crippen molar-refractivity contribution >= 4 is 11.8 Å². The molecule has 1 N–H and O–H groups in total. The fourth-order valence-corrected chi connectivity index (χ4v) is 1.39. The van der Waals surface area contributed by atoms with Crippen LogP contribution in [-0.4, -0.2) is 36.9 Å². The highest BCUT2D eigenvalue weighted by Crippen LogP contribution is 2.02. The van der Waals surface area contributed by atoms with Crippen LogP contribution in [0.4, 0.5) is 0 Å². The Hall–Kier alpha value is -2.10. The van der Waals surface area contributed by atoms with E-state index in [9.17, 15) is 9.59 Å². The van der Waals surface area contributed by atoms with Gasteiger partial charge in [-0.15, -0.1) is 0 Å². The molecule has 21 heavy (non-hydrogen) atoms. The molecule has 1 rings (SSSR count). The third-order valence-corrected chi connectivity index (χ3v) is 2.34. The number of benzene rings is 1. The van der Waals surface area contributed by atoms with Crippen molar-refractivity contribution in [3.63, 3.8) is 0 Å². The molecule has 0 saturated carbocycles. The summed E-state index contributed by atoms with van der Waals surface area (Å²) in [5, 5.41) is 2.69. The standard InChI is InChI=1S/C14H18N2O2.C3H8/c1-11(2)9-15-13(17)10-16(3)14(18)12-7-5-4-6-8-12;1-3-2/h4-8H,1,9-10H2,2-3H3,(H,15,17);3H2,1-2H3. The monoisotopic (exact) mass is 290 g/mol. The minimum atomic E-state index is -0.190. The number of nitrogens with one attached hydrogen (secondary N) is 1. The Balaban J connectivity index is 0.00000122. The lowest BCUT2D eigenvalue weighted by Gasteiger charge is -2.16. The van der Waals surface area contributed by atoms with Crippen molar-refractivity contribution in [3.8, 4) is 0 Å². The van der Waals surface area contributed by atoms with Gasteiger partial charge >= 0.3 is 0 Å². The smallest absolute Gasteiger partial charge is 0.254 e. The number of rotatable bonds is 5. The fourth-order valence-electron chi connectivity index (χ4n) is 1.39. The summed E-state index contributed by atoms with van der Waals surface area (Å²) in [6.45, 7) is 10.3. The molecule has 0 atom stereocenters. The Labute approximate surface area is 127 Å². The van der Waals surface area contributed by atoms with Gasteiger partial charge in [0.15, 0.2) is 0 Å². The molecule has 1 aromatic rings. The van der Waals surface area contributed by atoms with E-state index in [2.05, 4.69) is 25.7 Å². The summed E-state index contributed by atoms with van der Waals surface area (Å²) in [5.41, 5.74) is 1.45. The number of carbonyl (C=O) groups is 2. The molecule has 0 spiro atoms. The van der Waals surface area contributed by atoms with Gasteiger partial charge in [0.25, 0.3) is 5.91 Å². The first kappa shape index (κ1) is 18.9. The van der Waals surface area contributed by atoms with E-state index in [1.165, 1.54) is 11.3 Å². The maximum absolute atomic E-state index is 11.9. The van der Waals surface area contributed by atoms with E-state index in [1.54, 1.807) is 31.3 Å². The molecule has 0 bridgehead atoms. The number of nitrogens with zero attached hydrogens (tertiary/aromatic N) is 1. The zero-order valence-corrected chi connectivity index (χ0v) is 13.5. The molecule has 0 aromatic heterocycles. The van der Waals surface area contributed by atoms with Gasteiger partial charge in [-0.05, 0) is 19.1 Å². The molecule has 4 nitrogen and oxygen atoms in total. The first-order valence-corrected chi connectivity index (χ1v) is 7.13. The van der Waals surface area contributed by atoms with Crippen molar-refractivity contribution in [2.45, 2.75) is 27.2 Å². The highest BCUT2D eigenvalue weighted by Gasteiger charge is 2.13. The van der Waals surface area contributed by atoms with E-state index in [0.717, 1.165) is 5.57 Å². The molecule has 4 heteroatoms. The number of hydrogen-bond acceptors (Lipinski definition) is 2. The predicted molar refractivity (Wildman–Crippen MR) is 87.2 cm³/mol. The van der Waals surface area contributed by atoms with Crippen LogP contribution >= 0.6 is 0 Å². The van der Waals surface area contributed by atoms with Crippen molar-refractivity contribution in [2.24, 2.45) is 0 Å². The van der Waals surface area contributed by atoms with Crippen LogP contribution in [0.15, 0.2) is 42.5 Å². The second-order valence-electron chi connectivity index (χ2n) is 4.97. The molecule has 0 aliphatic heterocycles. The van der Waals surface area contributed by atoms with E-state index in [4.69, 9.17) is 0 Å². The zero-order chi connectivity index (χ0) is 16.3. The topological polar surface area (TPSA) is 49.4 Å². The quantitative estimate of drug-likeness (QED) is 0.848. The Bertz CT molecular complexity index is 455. The van der Waals surface area contributed by atoms with E-state index in [1.807, 2.05) is 13.0 Å². The second kappa shape index (κ2) is 10.7. The molecule has 0 aliphatic carbocycles. The van der Waals surface area contributed by atoms with Crippen LogP contribution in [0, 0.1) is 0 Å². The fraction of sp³-hybridized carbons (Fsp3) is 0.412. The summed E-state index contributed by atoms with van der Waals surface area (Å²) in [5.74, 6) is -0.356. The molecule has 2 amide bonds. The van der Waals surface area contributed by atoms with Gasteiger partial charge < -0.3 is 10.2 Å². The maximum atomic E-state index is 11.9. The van der Waals surface area contributed by atoms with Gasteiger partial charge in [-0.25, -0.2) is 0 Å². The molecule has 0 heterocycles. The Morgan fingerprint density at radius 2 is 1.71 bits per heavy atom. The van der Waals surface area contributed by atoms with Gasteiger partial charge in [-0.2, -0.15) is 0 Å². The molecule has 0 fully saturated rings. The molecule has 0 saturated heterocycles. The van der Waals surface area contributed by atoms with Crippen LogP contribution in [0.1, 0.15) is 37.6 Å².